The molecule has 1 aromatic rings. The molecule has 1 aliphatic rings. The Morgan fingerprint density at radius 2 is 1.71 bits per heavy atom. The number of alkyl halides is 1. The van der Waals surface area contributed by atoms with Crippen LogP contribution in [0.25, 0.3) is 0 Å². The lowest BCUT2D eigenvalue weighted by molar-refractivity contribution is 0.203. The minimum absolute atomic E-state index is 0.618. The Morgan fingerprint density at radius 3 is 2.35 bits per heavy atom. The molecule has 0 spiro atoms. The van der Waals surface area contributed by atoms with Crippen molar-refractivity contribution in [3.8, 4) is 0 Å². The Kier molecular flexibility index (Phi) is 5.09. The molecule has 0 atom stereocenters. The maximum atomic E-state index is 3.75. The fourth-order valence-corrected chi connectivity index (χ4v) is 3.91. The van der Waals surface area contributed by atoms with Gasteiger partial charge in [0.25, 0.3) is 0 Å². The number of hydrogen-bond acceptors (Lipinski definition) is 0. The Hall–Kier alpha value is -0.300. The molecule has 0 bridgehead atoms. The molecule has 0 amide bonds. The van der Waals surface area contributed by atoms with E-state index in [0.29, 0.717) is 5.41 Å². The molecule has 1 heteroatoms. The third-order valence-electron chi connectivity index (χ3n) is 4.21. The molecule has 0 nitrogen and oxygen atoms in total. The van der Waals surface area contributed by atoms with E-state index in [1.165, 1.54) is 62.3 Å². The van der Waals surface area contributed by atoms with Crippen LogP contribution >= 0.6 is 15.9 Å². The third-order valence-corrected chi connectivity index (χ3v) is 5.40. The summed E-state index contributed by atoms with van der Waals surface area (Å²) in [6, 6.07) is 10.9. The zero-order valence-electron chi connectivity index (χ0n) is 10.6. The summed E-state index contributed by atoms with van der Waals surface area (Å²) in [7, 11) is 0. The summed E-state index contributed by atoms with van der Waals surface area (Å²) in [5, 5.41) is 1.20. The van der Waals surface area contributed by atoms with Crippen LogP contribution in [0.4, 0.5) is 0 Å². The molecule has 0 unspecified atom stereocenters. The van der Waals surface area contributed by atoms with E-state index in [1.54, 1.807) is 0 Å². The van der Waals surface area contributed by atoms with E-state index in [-0.39, 0.29) is 0 Å². The van der Waals surface area contributed by atoms with Gasteiger partial charge in [-0.2, -0.15) is 0 Å². The van der Waals surface area contributed by atoms with E-state index >= 15 is 0 Å². The van der Waals surface area contributed by atoms with Crippen LogP contribution < -0.4 is 0 Å². The molecule has 1 saturated carbocycles. The predicted molar refractivity (Wildman–Crippen MR) is 78.7 cm³/mol. The lowest BCUT2D eigenvalue weighted by Gasteiger charge is -2.36. The normalized spacial score (nSPS) is 19.1. The van der Waals surface area contributed by atoms with Crippen molar-refractivity contribution < 1.29 is 0 Å². The molecule has 1 fully saturated rings. The highest BCUT2D eigenvalue weighted by Gasteiger charge is 2.29. The second-order valence-corrected chi connectivity index (χ2v) is 6.09. The Bertz CT molecular complexity index is 312. The van der Waals surface area contributed by atoms with Crippen LogP contribution in [0.5, 0.6) is 0 Å². The first-order valence-corrected chi connectivity index (χ1v) is 8.07. The molecule has 0 aromatic heterocycles. The number of aryl methyl sites for hydroxylation is 1. The lowest BCUT2D eigenvalue weighted by Crippen LogP contribution is -2.25. The first-order valence-electron chi connectivity index (χ1n) is 6.95. The summed E-state index contributed by atoms with van der Waals surface area (Å²) in [5.41, 5.74) is 2.11. The van der Waals surface area contributed by atoms with Crippen molar-refractivity contribution in [3.05, 3.63) is 35.9 Å². The maximum absolute atomic E-state index is 3.75. The van der Waals surface area contributed by atoms with Gasteiger partial charge in [0, 0.05) is 5.33 Å². The van der Waals surface area contributed by atoms with Crippen LogP contribution in [-0.4, -0.2) is 5.33 Å². The Morgan fingerprint density at radius 1 is 1.00 bits per heavy atom. The molecule has 17 heavy (non-hydrogen) atoms. The zero-order valence-corrected chi connectivity index (χ0v) is 12.2. The lowest BCUT2D eigenvalue weighted by atomic mass is 9.72. The molecule has 0 radical (unpaired) electrons. The number of benzene rings is 1. The minimum Gasteiger partial charge on any atom is -0.0922 e. The van der Waals surface area contributed by atoms with Crippen molar-refractivity contribution >= 4 is 15.9 Å². The Labute approximate surface area is 114 Å². The average molecular weight is 295 g/mol. The van der Waals surface area contributed by atoms with E-state index in [1.807, 2.05) is 0 Å². The first-order chi connectivity index (χ1) is 8.35. The van der Waals surface area contributed by atoms with Gasteiger partial charge in [-0.25, -0.2) is 0 Å². The molecular weight excluding hydrogens is 272 g/mol. The number of halogens is 1. The van der Waals surface area contributed by atoms with Gasteiger partial charge >= 0.3 is 0 Å². The van der Waals surface area contributed by atoms with Crippen LogP contribution in [0.3, 0.4) is 0 Å². The van der Waals surface area contributed by atoms with Gasteiger partial charge in [0.1, 0.15) is 0 Å². The van der Waals surface area contributed by atoms with Gasteiger partial charge in [-0.15, -0.1) is 0 Å². The number of rotatable bonds is 5. The molecule has 1 aromatic carbocycles. The Balaban J connectivity index is 1.80. The highest BCUT2D eigenvalue weighted by molar-refractivity contribution is 9.09. The highest BCUT2D eigenvalue weighted by Crippen LogP contribution is 2.41. The van der Waals surface area contributed by atoms with Crippen LogP contribution in [0.15, 0.2) is 30.3 Å². The molecule has 0 saturated heterocycles. The van der Waals surface area contributed by atoms with Crippen LogP contribution in [0, 0.1) is 5.41 Å². The molecule has 2 rings (SSSR count). The maximum Gasteiger partial charge on any atom is 0.00879 e. The van der Waals surface area contributed by atoms with E-state index in [9.17, 15) is 0 Å². The highest BCUT2D eigenvalue weighted by atomic mass is 79.9. The van der Waals surface area contributed by atoms with Crippen molar-refractivity contribution in [3.63, 3.8) is 0 Å². The average Bonchev–Trinajstić information content (AvgIpc) is 2.41. The molecular formula is C16H23Br. The summed E-state index contributed by atoms with van der Waals surface area (Å²) < 4.78 is 0. The van der Waals surface area contributed by atoms with Gasteiger partial charge in [-0.3, -0.25) is 0 Å². The van der Waals surface area contributed by atoms with Gasteiger partial charge in [0.15, 0.2) is 0 Å². The quantitative estimate of drug-likeness (QED) is 0.642. The monoisotopic (exact) mass is 294 g/mol. The summed E-state index contributed by atoms with van der Waals surface area (Å²) in [6.07, 6.45) is 11.2. The second-order valence-electron chi connectivity index (χ2n) is 5.53. The van der Waals surface area contributed by atoms with Crippen molar-refractivity contribution in [2.75, 3.05) is 5.33 Å². The zero-order chi connectivity index (χ0) is 12.0. The van der Waals surface area contributed by atoms with Crippen molar-refractivity contribution in [2.24, 2.45) is 5.41 Å². The SMILES string of the molecule is BrCC1(CCCc2ccccc2)CCCCC1. The fourth-order valence-electron chi connectivity index (χ4n) is 3.06. The van der Waals surface area contributed by atoms with Gasteiger partial charge in [-0.1, -0.05) is 65.5 Å². The van der Waals surface area contributed by atoms with Crippen LogP contribution in [0.2, 0.25) is 0 Å². The van der Waals surface area contributed by atoms with E-state index in [2.05, 4.69) is 46.3 Å². The summed E-state index contributed by atoms with van der Waals surface area (Å²) in [5.74, 6) is 0. The number of hydrogen-bond donors (Lipinski definition) is 0. The van der Waals surface area contributed by atoms with E-state index in [0.717, 1.165) is 0 Å². The van der Waals surface area contributed by atoms with Crippen LogP contribution in [-0.2, 0) is 6.42 Å². The van der Waals surface area contributed by atoms with Gasteiger partial charge in [0.2, 0.25) is 0 Å². The van der Waals surface area contributed by atoms with Gasteiger partial charge < -0.3 is 0 Å². The first kappa shape index (κ1) is 13.1. The van der Waals surface area contributed by atoms with Gasteiger partial charge in [-0.05, 0) is 43.1 Å². The fraction of sp³-hybridized carbons (Fsp3) is 0.625. The standard InChI is InChI=1S/C16H23Br/c17-14-16(11-5-2-6-12-16)13-7-10-15-8-3-1-4-9-15/h1,3-4,8-9H,2,5-7,10-14H2. The van der Waals surface area contributed by atoms with E-state index in [4.69, 9.17) is 0 Å². The third kappa shape index (κ3) is 3.84. The van der Waals surface area contributed by atoms with Gasteiger partial charge in [0.05, 0.1) is 0 Å². The molecule has 94 valence electrons. The van der Waals surface area contributed by atoms with Crippen molar-refractivity contribution in [1.82, 2.24) is 0 Å². The summed E-state index contributed by atoms with van der Waals surface area (Å²) in [6.45, 7) is 0. The van der Waals surface area contributed by atoms with E-state index < -0.39 is 0 Å². The molecule has 0 N–H and O–H groups in total. The summed E-state index contributed by atoms with van der Waals surface area (Å²) in [4.78, 5) is 0. The minimum atomic E-state index is 0.618. The molecule has 0 heterocycles. The predicted octanol–water partition coefficient (Wildman–Crippen LogP) is 5.35. The topological polar surface area (TPSA) is 0 Å². The summed E-state index contributed by atoms with van der Waals surface area (Å²) >= 11 is 3.75. The smallest absolute Gasteiger partial charge is 0.00879 e. The molecule has 0 aliphatic heterocycles. The largest absolute Gasteiger partial charge is 0.0922 e. The second kappa shape index (κ2) is 6.58. The van der Waals surface area contributed by atoms with Crippen LogP contribution in [0.1, 0.15) is 50.5 Å². The van der Waals surface area contributed by atoms with Crippen molar-refractivity contribution in [1.29, 1.82) is 0 Å². The van der Waals surface area contributed by atoms with Crippen molar-refractivity contribution in [2.45, 2.75) is 51.4 Å². The molecule has 1 aliphatic carbocycles.